The van der Waals surface area contributed by atoms with Crippen molar-refractivity contribution in [3.05, 3.63) is 29.6 Å². The number of aliphatic hydroxyl groups is 1. The Morgan fingerprint density at radius 2 is 2.25 bits per heavy atom. The third-order valence-corrected chi connectivity index (χ3v) is 4.29. The summed E-state index contributed by atoms with van der Waals surface area (Å²) in [5.74, 6) is 0.136. The molecule has 2 aromatic heterocycles. The normalized spacial score (nSPS) is 11.6. The van der Waals surface area contributed by atoms with Gasteiger partial charge in [0.1, 0.15) is 0 Å². The van der Waals surface area contributed by atoms with Crippen molar-refractivity contribution >= 4 is 17.2 Å². The predicted molar refractivity (Wildman–Crippen MR) is 77.7 cm³/mol. The number of hydrogen-bond donors (Lipinski definition) is 2. The fourth-order valence-corrected chi connectivity index (χ4v) is 2.53. The van der Waals surface area contributed by atoms with E-state index in [1.54, 1.807) is 0 Å². The number of nitrogens with zero attached hydrogens (tertiary/aromatic N) is 1. The first-order valence-corrected chi connectivity index (χ1v) is 7.45. The third-order valence-electron chi connectivity index (χ3n) is 3.42. The van der Waals surface area contributed by atoms with Gasteiger partial charge >= 0.3 is 0 Å². The molecule has 0 aliphatic heterocycles. The highest BCUT2D eigenvalue weighted by atomic mass is 32.1. The number of thiophene rings is 1. The van der Waals surface area contributed by atoms with Crippen LogP contribution in [0.4, 0.5) is 0 Å². The Hall–Kier alpha value is -1.66. The van der Waals surface area contributed by atoms with Crippen LogP contribution in [-0.2, 0) is 0 Å². The van der Waals surface area contributed by atoms with E-state index in [0.29, 0.717) is 18.6 Å². The Kier molecular flexibility index (Phi) is 4.57. The molecule has 108 valence electrons. The quantitative estimate of drug-likeness (QED) is 0.859. The minimum atomic E-state index is -0.873. The first kappa shape index (κ1) is 14.7. The van der Waals surface area contributed by atoms with Crippen LogP contribution in [0.25, 0.3) is 10.6 Å². The van der Waals surface area contributed by atoms with Gasteiger partial charge in [-0.05, 0) is 24.3 Å². The lowest BCUT2D eigenvalue weighted by Gasteiger charge is -2.25. The Labute approximate surface area is 121 Å². The zero-order valence-corrected chi connectivity index (χ0v) is 12.4. The molecule has 6 heteroatoms. The summed E-state index contributed by atoms with van der Waals surface area (Å²) in [7, 11) is 0. The van der Waals surface area contributed by atoms with Gasteiger partial charge in [0.2, 0.25) is 0 Å². The molecule has 0 aromatic carbocycles. The zero-order chi connectivity index (χ0) is 14.6. The van der Waals surface area contributed by atoms with Crippen molar-refractivity contribution in [1.82, 2.24) is 10.3 Å². The number of aromatic nitrogens is 1. The van der Waals surface area contributed by atoms with Gasteiger partial charge < -0.3 is 14.8 Å². The van der Waals surface area contributed by atoms with Crippen LogP contribution in [0.5, 0.6) is 0 Å². The summed E-state index contributed by atoms with van der Waals surface area (Å²) in [4.78, 5) is 17.0. The minimum absolute atomic E-state index is 0.204. The number of amides is 1. The molecule has 0 saturated heterocycles. The lowest BCUT2D eigenvalue weighted by Crippen LogP contribution is -2.42. The van der Waals surface area contributed by atoms with Crippen molar-refractivity contribution in [3.8, 4) is 10.6 Å². The second-order valence-electron chi connectivity index (χ2n) is 4.62. The van der Waals surface area contributed by atoms with Crippen LogP contribution in [0.3, 0.4) is 0 Å². The van der Waals surface area contributed by atoms with E-state index in [0.717, 1.165) is 4.88 Å². The number of carbonyl (C=O) groups is 1. The van der Waals surface area contributed by atoms with E-state index in [4.69, 9.17) is 4.42 Å². The van der Waals surface area contributed by atoms with Gasteiger partial charge in [-0.3, -0.25) is 4.79 Å². The molecule has 0 saturated carbocycles. The number of carbonyl (C=O) groups excluding carboxylic acids is 1. The van der Waals surface area contributed by atoms with Crippen molar-refractivity contribution < 1.29 is 14.3 Å². The van der Waals surface area contributed by atoms with E-state index in [1.807, 2.05) is 31.4 Å². The molecular weight excluding hydrogens is 276 g/mol. The van der Waals surface area contributed by atoms with Crippen LogP contribution in [0, 0.1) is 0 Å². The molecule has 0 aliphatic carbocycles. The van der Waals surface area contributed by atoms with Crippen LogP contribution < -0.4 is 5.32 Å². The lowest BCUT2D eigenvalue weighted by molar-refractivity contribution is 0.0313. The fraction of sp³-hybridized carbons (Fsp3) is 0.429. The Balaban J connectivity index is 2.09. The fourth-order valence-electron chi connectivity index (χ4n) is 1.82. The summed E-state index contributed by atoms with van der Waals surface area (Å²) in [5, 5.41) is 14.8. The van der Waals surface area contributed by atoms with Gasteiger partial charge in [0.15, 0.2) is 17.8 Å². The molecule has 0 spiro atoms. The monoisotopic (exact) mass is 294 g/mol. The standard InChI is InChI=1S/C14H18N2O3S/c1-3-14(18,4-2)8-15-13(17)11-12(19-9-16-11)10-6-5-7-20-10/h5-7,9,18H,3-4,8H2,1-2H3,(H,15,17). The molecule has 0 unspecified atom stereocenters. The van der Waals surface area contributed by atoms with Gasteiger partial charge in [0, 0.05) is 6.54 Å². The SMILES string of the molecule is CCC(O)(CC)CNC(=O)c1ncoc1-c1cccs1. The van der Waals surface area contributed by atoms with Crippen LogP contribution in [0.2, 0.25) is 0 Å². The van der Waals surface area contributed by atoms with Crippen molar-refractivity contribution in [2.75, 3.05) is 6.54 Å². The minimum Gasteiger partial charge on any atom is -0.442 e. The topological polar surface area (TPSA) is 75.4 Å². The van der Waals surface area contributed by atoms with E-state index in [9.17, 15) is 9.90 Å². The Morgan fingerprint density at radius 3 is 2.85 bits per heavy atom. The molecule has 20 heavy (non-hydrogen) atoms. The first-order chi connectivity index (χ1) is 9.59. The van der Waals surface area contributed by atoms with Gasteiger partial charge in [-0.2, -0.15) is 0 Å². The number of rotatable bonds is 6. The van der Waals surface area contributed by atoms with Crippen molar-refractivity contribution in [1.29, 1.82) is 0 Å². The molecule has 0 fully saturated rings. The van der Waals surface area contributed by atoms with Crippen LogP contribution in [0.15, 0.2) is 28.3 Å². The van der Waals surface area contributed by atoms with Gasteiger partial charge in [-0.25, -0.2) is 4.98 Å². The maximum absolute atomic E-state index is 12.2. The van der Waals surface area contributed by atoms with Crippen molar-refractivity contribution in [3.63, 3.8) is 0 Å². The molecule has 2 aromatic rings. The largest absolute Gasteiger partial charge is 0.442 e. The van der Waals surface area contributed by atoms with E-state index in [2.05, 4.69) is 10.3 Å². The van der Waals surface area contributed by atoms with E-state index in [-0.39, 0.29) is 18.1 Å². The maximum atomic E-state index is 12.2. The average Bonchev–Trinajstić information content (AvgIpc) is 3.13. The van der Waals surface area contributed by atoms with E-state index >= 15 is 0 Å². The van der Waals surface area contributed by atoms with Crippen LogP contribution in [-0.4, -0.2) is 28.1 Å². The first-order valence-electron chi connectivity index (χ1n) is 6.57. The molecule has 0 radical (unpaired) electrons. The summed E-state index contributed by atoms with van der Waals surface area (Å²) in [6.45, 7) is 3.99. The van der Waals surface area contributed by atoms with E-state index in [1.165, 1.54) is 17.7 Å². The molecular formula is C14H18N2O3S. The summed E-state index contributed by atoms with van der Waals surface area (Å²) in [5.41, 5.74) is -0.621. The molecule has 0 atom stereocenters. The predicted octanol–water partition coefficient (Wildman–Crippen LogP) is 2.68. The molecule has 0 bridgehead atoms. The smallest absolute Gasteiger partial charge is 0.274 e. The molecule has 2 heterocycles. The number of nitrogens with one attached hydrogen (secondary N) is 1. The maximum Gasteiger partial charge on any atom is 0.274 e. The summed E-state index contributed by atoms with van der Waals surface area (Å²) >= 11 is 1.48. The van der Waals surface area contributed by atoms with Gasteiger partial charge in [0.05, 0.1) is 10.5 Å². The zero-order valence-electron chi connectivity index (χ0n) is 11.5. The molecule has 2 N–H and O–H groups in total. The van der Waals surface area contributed by atoms with Crippen LogP contribution in [0.1, 0.15) is 37.2 Å². The number of hydrogen-bond acceptors (Lipinski definition) is 5. The summed E-state index contributed by atoms with van der Waals surface area (Å²) in [6, 6.07) is 3.76. The van der Waals surface area contributed by atoms with Crippen molar-refractivity contribution in [2.45, 2.75) is 32.3 Å². The second kappa shape index (κ2) is 6.19. The Bertz CT molecular complexity index is 559. The highest BCUT2D eigenvalue weighted by molar-refractivity contribution is 7.13. The highest BCUT2D eigenvalue weighted by Crippen LogP contribution is 2.27. The molecule has 2 rings (SSSR count). The highest BCUT2D eigenvalue weighted by Gasteiger charge is 2.25. The van der Waals surface area contributed by atoms with Crippen LogP contribution >= 0.6 is 11.3 Å². The van der Waals surface area contributed by atoms with Gasteiger partial charge in [-0.1, -0.05) is 19.9 Å². The second-order valence-corrected chi connectivity index (χ2v) is 5.57. The summed E-state index contributed by atoms with van der Waals surface area (Å²) in [6.07, 6.45) is 2.43. The summed E-state index contributed by atoms with van der Waals surface area (Å²) < 4.78 is 5.29. The van der Waals surface area contributed by atoms with E-state index < -0.39 is 5.60 Å². The lowest BCUT2D eigenvalue weighted by atomic mass is 9.97. The molecule has 1 amide bonds. The van der Waals surface area contributed by atoms with Crippen molar-refractivity contribution in [2.24, 2.45) is 0 Å². The average molecular weight is 294 g/mol. The van der Waals surface area contributed by atoms with Gasteiger partial charge in [-0.15, -0.1) is 11.3 Å². The third kappa shape index (κ3) is 3.08. The molecule has 0 aliphatic rings. The number of oxazole rings is 1. The Morgan fingerprint density at radius 1 is 1.50 bits per heavy atom. The molecule has 5 nitrogen and oxygen atoms in total. The van der Waals surface area contributed by atoms with Gasteiger partial charge in [0.25, 0.3) is 5.91 Å².